The van der Waals surface area contributed by atoms with E-state index in [-0.39, 0.29) is 30.5 Å². The van der Waals surface area contributed by atoms with Gasteiger partial charge in [-0.25, -0.2) is 14.2 Å². The molecule has 124 valence electrons. The predicted octanol–water partition coefficient (Wildman–Crippen LogP) is 2.47. The van der Waals surface area contributed by atoms with Gasteiger partial charge in [0.25, 0.3) is 5.56 Å². The lowest BCUT2D eigenvalue weighted by Gasteiger charge is -2.17. The van der Waals surface area contributed by atoms with Gasteiger partial charge in [0.2, 0.25) is 0 Å². The van der Waals surface area contributed by atoms with Gasteiger partial charge < -0.3 is 15.2 Å². The lowest BCUT2D eigenvalue weighted by atomic mass is 10.2. The van der Waals surface area contributed by atoms with Crippen molar-refractivity contribution < 1.29 is 9.18 Å². The van der Waals surface area contributed by atoms with Crippen molar-refractivity contribution in [2.24, 2.45) is 0 Å². The number of urea groups is 1. The zero-order chi connectivity index (χ0) is 17.1. The van der Waals surface area contributed by atoms with E-state index in [0.29, 0.717) is 16.0 Å². The van der Waals surface area contributed by atoms with E-state index in [1.54, 1.807) is 30.6 Å². The Kier molecular flexibility index (Phi) is 4.57. The van der Waals surface area contributed by atoms with Gasteiger partial charge in [0, 0.05) is 13.6 Å². The number of benzene rings is 1. The van der Waals surface area contributed by atoms with Crippen LogP contribution in [0, 0.1) is 5.82 Å². The number of aromatic nitrogens is 2. The number of nitrogens with zero attached hydrogens (tertiary/aromatic N) is 2. The molecule has 0 aliphatic heterocycles. The highest BCUT2D eigenvalue weighted by molar-refractivity contribution is 7.17. The second kappa shape index (κ2) is 6.79. The fraction of sp³-hybridized carbons (Fsp3) is 0.188. The van der Waals surface area contributed by atoms with E-state index >= 15 is 0 Å². The van der Waals surface area contributed by atoms with Gasteiger partial charge in [0.1, 0.15) is 16.3 Å². The van der Waals surface area contributed by atoms with Crippen molar-refractivity contribution in [1.29, 1.82) is 0 Å². The van der Waals surface area contributed by atoms with E-state index in [0.717, 1.165) is 5.56 Å². The minimum absolute atomic E-state index is 0.177. The summed E-state index contributed by atoms with van der Waals surface area (Å²) >= 11 is 1.33. The van der Waals surface area contributed by atoms with Crippen molar-refractivity contribution in [2.75, 3.05) is 7.05 Å². The third-order valence-corrected chi connectivity index (χ3v) is 4.36. The number of thiophene rings is 1. The molecular weight excluding hydrogens is 331 g/mol. The van der Waals surface area contributed by atoms with Gasteiger partial charge in [-0.2, -0.15) is 0 Å². The molecule has 1 aromatic carbocycles. The Hall–Kier alpha value is -2.74. The average Bonchev–Trinajstić information content (AvgIpc) is 3.03. The molecule has 8 heteroatoms. The second-order valence-corrected chi connectivity index (χ2v) is 6.20. The lowest BCUT2D eigenvalue weighted by molar-refractivity contribution is 0.205. The summed E-state index contributed by atoms with van der Waals surface area (Å²) < 4.78 is 13.4. The molecule has 3 rings (SSSR count). The normalized spacial score (nSPS) is 10.8. The molecular formula is C16H15FN4O2S. The van der Waals surface area contributed by atoms with E-state index < -0.39 is 0 Å². The first-order valence-electron chi connectivity index (χ1n) is 7.23. The van der Waals surface area contributed by atoms with Crippen LogP contribution >= 0.6 is 11.3 Å². The van der Waals surface area contributed by atoms with Crippen molar-refractivity contribution in [3.05, 3.63) is 63.3 Å². The number of H-pyrrole nitrogens is 1. The second-order valence-electron chi connectivity index (χ2n) is 5.29. The molecule has 24 heavy (non-hydrogen) atoms. The highest BCUT2D eigenvalue weighted by Crippen LogP contribution is 2.14. The minimum atomic E-state index is -0.318. The quantitative estimate of drug-likeness (QED) is 0.762. The number of hydrogen-bond donors (Lipinski definition) is 2. The minimum Gasteiger partial charge on any atom is -0.334 e. The zero-order valence-corrected chi connectivity index (χ0v) is 13.7. The van der Waals surface area contributed by atoms with Crippen LogP contribution in [0.5, 0.6) is 0 Å². The number of rotatable bonds is 4. The zero-order valence-electron chi connectivity index (χ0n) is 12.9. The van der Waals surface area contributed by atoms with Gasteiger partial charge in [-0.3, -0.25) is 4.79 Å². The number of aromatic amines is 1. The van der Waals surface area contributed by atoms with Crippen LogP contribution in [0.1, 0.15) is 11.4 Å². The van der Waals surface area contributed by atoms with Crippen LogP contribution in [-0.2, 0) is 13.1 Å². The summed E-state index contributed by atoms with van der Waals surface area (Å²) in [6, 6.07) is 7.37. The van der Waals surface area contributed by atoms with Gasteiger partial charge in [0.15, 0.2) is 0 Å². The van der Waals surface area contributed by atoms with E-state index in [1.807, 2.05) is 0 Å². The molecule has 0 unspecified atom stereocenters. The molecule has 6 nitrogen and oxygen atoms in total. The van der Waals surface area contributed by atoms with E-state index in [4.69, 9.17) is 0 Å². The van der Waals surface area contributed by atoms with Crippen molar-refractivity contribution in [3.8, 4) is 0 Å². The summed E-state index contributed by atoms with van der Waals surface area (Å²) in [5.74, 6) is 0.103. The predicted molar refractivity (Wildman–Crippen MR) is 90.3 cm³/mol. The van der Waals surface area contributed by atoms with Crippen LogP contribution in [0.15, 0.2) is 40.5 Å². The third-order valence-electron chi connectivity index (χ3n) is 3.45. The first-order chi connectivity index (χ1) is 11.5. The maximum atomic E-state index is 12.8. The summed E-state index contributed by atoms with van der Waals surface area (Å²) in [6.45, 7) is 0.466. The average molecular weight is 346 g/mol. The highest BCUT2D eigenvalue weighted by atomic mass is 32.1. The smallest absolute Gasteiger partial charge is 0.317 e. The van der Waals surface area contributed by atoms with Crippen LogP contribution in [0.4, 0.5) is 9.18 Å². The number of hydrogen-bond acceptors (Lipinski definition) is 4. The first-order valence-corrected chi connectivity index (χ1v) is 8.11. The number of nitrogens with one attached hydrogen (secondary N) is 2. The Morgan fingerprint density at radius 3 is 2.83 bits per heavy atom. The lowest BCUT2D eigenvalue weighted by Crippen LogP contribution is -2.37. The number of fused-ring (bicyclic) bond motifs is 1. The van der Waals surface area contributed by atoms with Crippen molar-refractivity contribution in [1.82, 2.24) is 20.2 Å². The summed E-state index contributed by atoms with van der Waals surface area (Å²) in [7, 11) is 1.61. The van der Waals surface area contributed by atoms with E-state index in [9.17, 15) is 14.0 Å². The van der Waals surface area contributed by atoms with Crippen molar-refractivity contribution in [3.63, 3.8) is 0 Å². The molecule has 0 saturated heterocycles. The fourth-order valence-corrected chi connectivity index (χ4v) is 2.93. The van der Waals surface area contributed by atoms with E-state index in [2.05, 4.69) is 15.3 Å². The molecule has 0 fully saturated rings. The molecule has 2 aromatic heterocycles. The number of halogens is 1. The molecule has 0 spiro atoms. The van der Waals surface area contributed by atoms with Crippen LogP contribution in [-0.4, -0.2) is 27.9 Å². The molecule has 3 aromatic rings. The maximum Gasteiger partial charge on any atom is 0.317 e. The highest BCUT2D eigenvalue weighted by Gasteiger charge is 2.12. The molecule has 0 saturated carbocycles. The topological polar surface area (TPSA) is 78.1 Å². The molecule has 0 aliphatic rings. The summed E-state index contributed by atoms with van der Waals surface area (Å²) in [4.78, 5) is 32.5. The molecule has 0 atom stereocenters. The summed E-state index contributed by atoms with van der Waals surface area (Å²) in [6.07, 6.45) is 0. The Bertz CT molecular complexity index is 920. The monoisotopic (exact) mass is 346 g/mol. The standard InChI is InChI=1S/C16H15FN4O2S/c1-21(16(23)18-8-10-2-4-11(17)5-3-10)9-13-19-12-6-7-24-14(12)15(22)20-13/h2-7H,8-9H2,1H3,(H,18,23)(H,19,20,22). The van der Waals surface area contributed by atoms with Gasteiger partial charge in [-0.15, -0.1) is 11.3 Å². The van der Waals surface area contributed by atoms with Gasteiger partial charge in [-0.05, 0) is 29.1 Å². The summed E-state index contributed by atoms with van der Waals surface area (Å²) in [5, 5.41) is 4.53. The van der Waals surface area contributed by atoms with Gasteiger partial charge >= 0.3 is 6.03 Å². The Morgan fingerprint density at radius 1 is 1.33 bits per heavy atom. The third kappa shape index (κ3) is 3.60. The van der Waals surface area contributed by atoms with Crippen LogP contribution < -0.4 is 10.9 Å². The van der Waals surface area contributed by atoms with Crippen molar-refractivity contribution >= 4 is 27.6 Å². The molecule has 0 aliphatic carbocycles. The van der Waals surface area contributed by atoms with Crippen molar-refractivity contribution in [2.45, 2.75) is 13.1 Å². The SMILES string of the molecule is CN(Cc1nc2ccsc2c(=O)[nH]1)C(=O)NCc1ccc(F)cc1. The Morgan fingerprint density at radius 2 is 2.08 bits per heavy atom. The number of carbonyl (C=O) groups is 1. The number of amides is 2. The molecule has 0 bridgehead atoms. The largest absolute Gasteiger partial charge is 0.334 e. The van der Waals surface area contributed by atoms with Crippen LogP contribution in [0.25, 0.3) is 10.2 Å². The van der Waals surface area contributed by atoms with Gasteiger partial charge in [-0.1, -0.05) is 12.1 Å². The number of carbonyl (C=O) groups excluding carboxylic acids is 1. The molecule has 2 amide bonds. The van der Waals surface area contributed by atoms with Crippen LogP contribution in [0.3, 0.4) is 0 Å². The maximum absolute atomic E-state index is 12.8. The summed E-state index contributed by atoms with van der Waals surface area (Å²) in [5.41, 5.74) is 1.22. The molecule has 2 heterocycles. The van der Waals surface area contributed by atoms with E-state index in [1.165, 1.54) is 28.4 Å². The Labute approximate surface area is 141 Å². The first kappa shape index (κ1) is 16.1. The van der Waals surface area contributed by atoms with Gasteiger partial charge in [0.05, 0.1) is 12.1 Å². The van der Waals surface area contributed by atoms with Crippen LogP contribution in [0.2, 0.25) is 0 Å². The Balaban J connectivity index is 1.62. The molecule has 2 N–H and O–H groups in total. The fourth-order valence-electron chi connectivity index (χ4n) is 2.21. The molecule has 0 radical (unpaired) electrons.